The third kappa shape index (κ3) is 3.86. The van der Waals surface area contributed by atoms with E-state index in [-0.39, 0.29) is 11.7 Å². The molecule has 0 atom stereocenters. The van der Waals surface area contributed by atoms with Crippen molar-refractivity contribution >= 4 is 32.9 Å². The van der Waals surface area contributed by atoms with Crippen molar-refractivity contribution in [1.82, 2.24) is 28.5 Å². The van der Waals surface area contributed by atoms with Crippen LogP contribution in [0.5, 0.6) is 0 Å². The van der Waals surface area contributed by atoms with Crippen molar-refractivity contribution in [3.63, 3.8) is 0 Å². The first kappa shape index (κ1) is 20.3. The zero-order valence-corrected chi connectivity index (χ0v) is 19.2. The molecule has 1 aliphatic rings. The average Bonchev–Trinajstić information content (AvgIpc) is 3.20. The summed E-state index contributed by atoms with van der Waals surface area (Å²) in [7, 11) is 0. The molecule has 0 spiro atoms. The fourth-order valence-electron chi connectivity index (χ4n) is 4.21. The number of rotatable bonds is 7. The number of hydrogen-bond donors (Lipinski definition) is 0. The number of aromatic nitrogens is 6. The van der Waals surface area contributed by atoms with E-state index < -0.39 is 0 Å². The molecule has 33 heavy (non-hydrogen) atoms. The topological polar surface area (TPSA) is 69.5 Å². The molecule has 1 saturated carbocycles. The molecular formula is C24H20BrFN6O. The minimum atomic E-state index is -0.232. The zero-order valence-electron chi connectivity index (χ0n) is 17.7. The summed E-state index contributed by atoms with van der Waals surface area (Å²) in [5.74, 6) is 0.109. The number of nitrogens with zero attached hydrogens (tertiary/aromatic N) is 6. The van der Waals surface area contributed by atoms with Crippen molar-refractivity contribution < 1.29 is 9.18 Å². The second kappa shape index (κ2) is 7.91. The number of hydrogen-bond acceptors (Lipinski definition) is 4. The van der Waals surface area contributed by atoms with Crippen LogP contribution in [0.15, 0.2) is 59.9 Å². The molecular weight excluding hydrogens is 487 g/mol. The highest BCUT2D eigenvalue weighted by Crippen LogP contribution is 2.41. The first-order valence-electron chi connectivity index (χ1n) is 10.9. The molecule has 0 bridgehead atoms. The van der Waals surface area contributed by atoms with Crippen LogP contribution in [-0.4, -0.2) is 34.3 Å². The van der Waals surface area contributed by atoms with Gasteiger partial charge in [0, 0.05) is 35.0 Å². The van der Waals surface area contributed by atoms with E-state index in [1.807, 2.05) is 34.9 Å². The first-order valence-corrected chi connectivity index (χ1v) is 11.7. The van der Waals surface area contributed by atoms with Gasteiger partial charge in [-0.15, -0.1) is 0 Å². The second-order valence-corrected chi connectivity index (χ2v) is 9.41. The molecule has 0 aliphatic heterocycles. The van der Waals surface area contributed by atoms with Crippen LogP contribution in [0.2, 0.25) is 0 Å². The Morgan fingerprint density at radius 2 is 2.09 bits per heavy atom. The van der Waals surface area contributed by atoms with Gasteiger partial charge in [0.1, 0.15) is 5.65 Å². The van der Waals surface area contributed by atoms with Crippen molar-refractivity contribution in [2.24, 2.45) is 0 Å². The molecule has 0 saturated heterocycles. The lowest BCUT2D eigenvalue weighted by Gasteiger charge is -2.02. The Labute approximate surface area is 197 Å². The van der Waals surface area contributed by atoms with E-state index in [0.29, 0.717) is 42.2 Å². The van der Waals surface area contributed by atoms with E-state index in [4.69, 9.17) is 0 Å². The van der Waals surface area contributed by atoms with Crippen LogP contribution < -0.4 is 0 Å². The molecule has 5 aromatic rings. The van der Waals surface area contributed by atoms with Gasteiger partial charge in [0.2, 0.25) is 5.95 Å². The van der Waals surface area contributed by atoms with Crippen LogP contribution >= 0.6 is 15.9 Å². The Morgan fingerprint density at radius 1 is 1.21 bits per heavy atom. The molecule has 0 unspecified atom stereocenters. The highest BCUT2D eigenvalue weighted by Gasteiger charge is 2.27. The van der Waals surface area contributed by atoms with Gasteiger partial charge >= 0.3 is 0 Å². The molecule has 1 fully saturated rings. The van der Waals surface area contributed by atoms with Crippen molar-refractivity contribution in [2.45, 2.75) is 38.1 Å². The summed E-state index contributed by atoms with van der Waals surface area (Å²) in [6.45, 7) is 0.368. The number of ketones is 1. The largest absolute Gasteiger partial charge is 0.306 e. The van der Waals surface area contributed by atoms with Gasteiger partial charge < -0.3 is 4.40 Å². The Kier molecular flexibility index (Phi) is 4.86. The SMILES string of the molecule is O=C(CCc1ncn2ccc(Br)cc12)c1cnn(Cc2cn3c(F)c(C4CC4)ccc3n2)c1. The van der Waals surface area contributed by atoms with Crippen LogP contribution in [-0.2, 0) is 13.0 Å². The molecule has 0 amide bonds. The van der Waals surface area contributed by atoms with Crippen LogP contribution in [0.1, 0.15) is 52.5 Å². The number of fused-ring (bicyclic) bond motifs is 2. The molecule has 0 radical (unpaired) electrons. The van der Waals surface area contributed by atoms with E-state index >= 15 is 0 Å². The number of Topliss-reactive ketones (excluding diaryl/α,β-unsaturated/α-hetero) is 1. The summed E-state index contributed by atoms with van der Waals surface area (Å²) in [6.07, 6.45) is 11.7. The normalized spacial score (nSPS) is 13.9. The smallest absolute Gasteiger partial charge is 0.202 e. The lowest BCUT2D eigenvalue weighted by Crippen LogP contribution is -2.02. The van der Waals surface area contributed by atoms with E-state index in [2.05, 4.69) is 31.0 Å². The number of carbonyl (C=O) groups excluding carboxylic acids is 1. The van der Waals surface area contributed by atoms with Gasteiger partial charge in [-0.25, -0.2) is 9.97 Å². The van der Waals surface area contributed by atoms with Gasteiger partial charge in [-0.05, 0) is 43.4 Å². The van der Waals surface area contributed by atoms with Gasteiger partial charge in [-0.2, -0.15) is 9.49 Å². The minimum Gasteiger partial charge on any atom is -0.306 e. The highest BCUT2D eigenvalue weighted by atomic mass is 79.9. The van der Waals surface area contributed by atoms with Crippen LogP contribution in [0.4, 0.5) is 4.39 Å². The molecule has 0 aromatic carbocycles. The van der Waals surface area contributed by atoms with Gasteiger partial charge in [0.15, 0.2) is 5.78 Å². The molecule has 9 heteroatoms. The maximum atomic E-state index is 14.8. The maximum Gasteiger partial charge on any atom is 0.202 e. The molecule has 7 nitrogen and oxygen atoms in total. The third-order valence-electron chi connectivity index (χ3n) is 6.11. The maximum absolute atomic E-state index is 14.8. The zero-order chi connectivity index (χ0) is 22.5. The monoisotopic (exact) mass is 506 g/mol. The van der Waals surface area contributed by atoms with Gasteiger partial charge in [0.05, 0.1) is 41.5 Å². The predicted octanol–water partition coefficient (Wildman–Crippen LogP) is 4.82. The summed E-state index contributed by atoms with van der Waals surface area (Å²) in [5.41, 5.74) is 4.45. The summed E-state index contributed by atoms with van der Waals surface area (Å²) in [4.78, 5) is 21.7. The van der Waals surface area contributed by atoms with Gasteiger partial charge in [0.25, 0.3) is 0 Å². The summed E-state index contributed by atoms with van der Waals surface area (Å²) < 4.78 is 20.9. The molecule has 166 valence electrons. The average molecular weight is 507 g/mol. The van der Waals surface area contributed by atoms with E-state index in [1.54, 1.807) is 29.6 Å². The molecule has 5 aromatic heterocycles. The number of halogens is 2. The lowest BCUT2D eigenvalue weighted by molar-refractivity contribution is 0.0982. The third-order valence-corrected chi connectivity index (χ3v) is 6.60. The standard InChI is InChI=1S/C24H20BrFN6O/c25-17-7-8-30-14-27-20(21(30)9-17)4-5-22(33)16-10-28-31(11-16)12-18-13-32-23(29-18)6-3-19(24(32)26)15-1-2-15/h3,6-11,13-15H,1-2,4-5,12H2. The predicted molar refractivity (Wildman–Crippen MR) is 124 cm³/mol. The molecule has 1 aliphatic carbocycles. The summed E-state index contributed by atoms with van der Waals surface area (Å²) in [6, 6.07) is 7.64. The minimum absolute atomic E-state index is 0.00696. The van der Waals surface area contributed by atoms with Crippen molar-refractivity contribution in [3.05, 3.63) is 88.3 Å². The fraction of sp³-hybridized carbons (Fsp3) is 0.250. The van der Waals surface area contributed by atoms with Crippen molar-refractivity contribution in [1.29, 1.82) is 0 Å². The lowest BCUT2D eigenvalue weighted by atomic mass is 10.1. The van der Waals surface area contributed by atoms with E-state index in [0.717, 1.165) is 34.1 Å². The quantitative estimate of drug-likeness (QED) is 0.234. The van der Waals surface area contributed by atoms with E-state index in [1.165, 1.54) is 4.40 Å². The Balaban J connectivity index is 1.15. The Morgan fingerprint density at radius 3 is 2.94 bits per heavy atom. The first-order chi connectivity index (χ1) is 16.0. The highest BCUT2D eigenvalue weighted by molar-refractivity contribution is 9.10. The summed E-state index contributed by atoms with van der Waals surface area (Å²) in [5, 5.41) is 4.31. The number of carbonyl (C=O) groups is 1. The van der Waals surface area contributed by atoms with Crippen molar-refractivity contribution in [2.75, 3.05) is 0 Å². The summed E-state index contributed by atoms with van der Waals surface area (Å²) >= 11 is 3.48. The van der Waals surface area contributed by atoms with Crippen LogP contribution in [0, 0.1) is 5.95 Å². The van der Waals surface area contributed by atoms with Crippen LogP contribution in [0.25, 0.3) is 11.2 Å². The number of aryl methyl sites for hydroxylation is 1. The Bertz CT molecular complexity index is 1510. The van der Waals surface area contributed by atoms with Crippen molar-refractivity contribution in [3.8, 4) is 0 Å². The second-order valence-electron chi connectivity index (χ2n) is 8.49. The molecule has 5 heterocycles. The molecule has 6 rings (SSSR count). The Hall–Kier alpha value is -3.33. The van der Waals surface area contributed by atoms with Crippen LogP contribution in [0.3, 0.4) is 0 Å². The number of imidazole rings is 2. The van der Waals surface area contributed by atoms with E-state index in [9.17, 15) is 9.18 Å². The number of pyridine rings is 2. The van der Waals surface area contributed by atoms with Gasteiger partial charge in [-0.1, -0.05) is 22.0 Å². The fourth-order valence-corrected chi connectivity index (χ4v) is 4.55. The molecule has 0 N–H and O–H groups in total. The van der Waals surface area contributed by atoms with Gasteiger partial charge in [-0.3, -0.25) is 13.9 Å².